The van der Waals surface area contributed by atoms with Crippen molar-refractivity contribution in [3.63, 3.8) is 0 Å². The van der Waals surface area contributed by atoms with Crippen LogP contribution in [0.15, 0.2) is 18.2 Å². The number of ether oxygens (including phenoxy) is 1. The minimum absolute atomic E-state index is 0.131. The van der Waals surface area contributed by atoms with Gasteiger partial charge in [0.05, 0.1) is 0 Å². The van der Waals surface area contributed by atoms with Crippen molar-refractivity contribution < 1.29 is 4.74 Å². The summed E-state index contributed by atoms with van der Waals surface area (Å²) in [6, 6.07) is 7.06. The second kappa shape index (κ2) is 5.31. The van der Waals surface area contributed by atoms with Crippen molar-refractivity contribution >= 4 is 0 Å². The third-order valence-corrected chi connectivity index (χ3v) is 3.55. The molecule has 1 heterocycles. The predicted octanol–water partition coefficient (Wildman–Crippen LogP) is 3.42. The van der Waals surface area contributed by atoms with Crippen LogP contribution in [0.1, 0.15) is 44.7 Å². The Kier molecular flexibility index (Phi) is 3.96. The smallest absolute Gasteiger partial charge is 0.123 e. The van der Waals surface area contributed by atoms with Gasteiger partial charge in [0.25, 0.3) is 0 Å². The molecule has 1 aromatic carbocycles. The highest BCUT2D eigenvalue weighted by atomic mass is 16.5. The number of nitrogens with one attached hydrogen (secondary N) is 1. The van der Waals surface area contributed by atoms with Crippen molar-refractivity contribution in [2.45, 2.75) is 52.0 Å². The minimum atomic E-state index is 0.131. The molecule has 1 aliphatic rings. The van der Waals surface area contributed by atoms with Gasteiger partial charge in [0.15, 0.2) is 0 Å². The quantitative estimate of drug-likeness (QED) is 0.883. The maximum absolute atomic E-state index is 6.07. The largest absolute Gasteiger partial charge is 0.492 e. The van der Waals surface area contributed by atoms with E-state index in [4.69, 9.17) is 4.74 Å². The fourth-order valence-corrected chi connectivity index (χ4v) is 2.46. The van der Waals surface area contributed by atoms with Gasteiger partial charge in [-0.05, 0) is 48.9 Å². The van der Waals surface area contributed by atoms with Crippen molar-refractivity contribution in [2.24, 2.45) is 0 Å². The Hall–Kier alpha value is -1.02. The second-order valence-corrected chi connectivity index (χ2v) is 6.35. The number of aryl methyl sites for hydroxylation is 1. The molecular formula is C16H25NO. The molecule has 2 nitrogen and oxygen atoms in total. The van der Waals surface area contributed by atoms with E-state index in [1.807, 2.05) is 0 Å². The highest BCUT2D eigenvalue weighted by Crippen LogP contribution is 2.32. The van der Waals surface area contributed by atoms with Crippen LogP contribution in [-0.2, 0) is 5.41 Å². The Morgan fingerprint density at radius 2 is 2.11 bits per heavy atom. The van der Waals surface area contributed by atoms with Crippen LogP contribution in [0.25, 0.3) is 0 Å². The molecule has 2 heteroatoms. The standard InChI is InChI=1S/C16H25NO/c1-12-7-8-14(16(2,3)4)15(10-12)18-11-13-6-5-9-17-13/h7-8,10,13,17H,5-6,9,11H2,1-4H3/t13-/m1/s1. The average Bonchev–Trinajstić information content (AvgIpc) is 2.77. The Balaban J connectivity index is 2.12. The van der Waals surface area contributed by atoms with Gasteiger partial charge < -0.3 is 10.1 Å². The van der Waals surface area contributed by atoms with Crippen molar-refractivity contribution in [3.05, 3.63) is 29.3 Å². The fraction of sp³-hybridized carbons (Fsp3) is 0.625. The normalized spacial score (nSPS) is 20.1. The molecule has 1 atom stereocenters. The molecule has 1 N–H and O–H groups in total. The molecule has 0 radical (unpaired) electrons. The summed E-state index contributed by atoms with van der Waals surface area (Å²) in [6.07, 6.45) is 2.50. The van der Waals surface area contributed by atoms with E-state index < -0.39 is 0 Å². The summed E-state index contributed by atoms with van der Waals surface area (Å²) in [5, 5.41) is 3.47. The van der Waals surface area contributed by atoms with Crippen LogP contribution in [0, 0.1) is 6.92 Å². The number of hydrogen-bond donors (Lipinski definition) is 1. The first kappa shape index (κ1) is 13.4. The van der Waals surface area contributed by atoms with Crippen LogP contribution in [0.5, 0.6) is 5.75 Å². The van der Waals surface area contributed by atoms with Gasteiger partial charge in [-0.2, -0.15) is 0 Å². The maximum Gasteiger partial charge on any atom is 0.123 e. The summed E-state index contributed by atoms with van der Waals surface area (Å²) >= 11 is 0. The monoisotopic (exact) mass is 247 g/mol. The molecule has 1 aromatic rings. The predicted molar refractivity (Wildman–Crippen MR) is 76.4 cm³/mol. The maximum atomic E-state index is 6.07. The summed E-state index contributed by atoms with van der Waals surface area (Å²) in [4.78, 5) is 0. The zero-order valence-electron chi connectivity index (χ0n) is 12.0. The second-order valence-electron chi connectivity index (χ2n) is 6.35. The van der Waals surface area contributed by atoms with Crippen molar-refractivity contribution in [2.75, 3.05) is 13.2 Å². The summed E-state index contributed by atoms with van der Waals surface area (Å²) in [6.45, 7) is 10.7. The first-order valence-electron chi connectivity index (χ1n) is 6.94. The Morgan fingerprint density at radius 3 is 2.72 bits per heavy atom. The van der Waals surface area contributed by atoms with Gasteiger partial charge in [0, 0.05) is 6.04 Å². The van der Waals surface area contributed by atoms with Gasteiger partial charge in [-0.25, -0.2) is 0 Å². The summed E-state index contributed by atoms with van der Waals surface area (Å²) in [5.74, 6) is 1.05. The Bertz CT molecular complexity index is 400. The molecule has 1 aliphatic heterocycles. The van der Waals surface area contributed by atoms with Gasteiger partial charge in [-0.3, -0.25) is 0 Å². The van der Waals surface area contributed by atoms with Gasteiger partial charge in [0.1, 0.15) is 12.4 Å². The molecule has 0 spiro atoms. The van der Waals surface area contributed by atoms with Gasteiger partial charge in [-0.1, -0.05) is 32.9 Å². The zero-order chi connectivity index (χ0) is 13.2. The van der Waals surface area contributed by atoms with Gasteiger partial charge in [-0.15, -0.1) is 0 Å². The lowest BCUT2D eigenvalue weighted by molar-refractivity contribution is 0.271. The highest BCUT2D eigenvalue weighted by Gasteiger charge is 2.20. The Labute approximate surface area is 111 Å². The minimum Gasteiger partial charge on any atom is -0.492 e. The van der Waals surface area contributed by atoms with Crippen molar-refractivity contribution in [3.8, 4) is 5.75 Å². The van der Waals surface area contributed by atoms with Crippen LogP contribution in [-0.4, -0.2) is 19.2 Å². The van der Waals surface area contributed by atoms with Crippen LogP contribution in [0.2, 0.25) is 0 Å². The first-order valence-corrected chi connectivity index (χ1v) is 6.94. The van der Waals surface area contributed by atoms with E-state index in [-0.39, 0.29) is 5.41 Å². The molecule has 0 aliphatic carbocycles. The third kappa shape index (κ3) is 3.26. The highest BCUT2D eigenvalue weighted by molar-refractivity contribution is 5.41. The fourth-order valence-electron chi connectivity index (χ4n) is 2.46. The van der Waals surface area contributed by atoms with Gasteiger partial charge in [0.2, 0.25) is 0 Å². The molecular weight excluding hydrogens is 222 g/mol. The zero-order valence-corrected chi connectivity index (χ0v) is 12.0. The molecule has 0 unspecified atom stereocenters. The van der Waals surface area contributed by atoms with E-state index in [9.17, 15) is 0 Å². The molecule has 0 bridgehead atoms. The molecule has 0 aromatic heterocycles. The molecule has 1 fully saturated rings. The summed E-state index contributed by atoms with van der Waals surface area (Å²) in [7, 11) is 0. The Morgan fingerprint density at radius 1 is 1.33 bits per heavy atom. The molecule has 1 saturated heterocycles. The van der Waals surface area contributed by atoms with Crippen LogP contribution >= 0.6 is 0 Å². The molecule has 0 saturated carbocycles. The first-order chi connectivity index (χ1) is 8.47. The number of benzene rings is 1. The summed E-state index contributed by atoms with van der Waals surface area (Å²) < 4.78 is 6.07. The third-order valence-electron chi connectivity index (χ3n) is 3.55. The molecule has 2 rings (SSSR count). The average molecular weight is 247 g/mol. The van der Waals surface area contributed by atoms with Crippen molar-refractivity contribution in [1.82, 2.24) is 5.32 Å². The topological polar surface area (TPSA) is 21.3 Å². The van der Waals surface area contributed by atoms with Crippen LogP contribution in [0.3, 0.4) is 0 Å². The van der Waals surface area contributed by atoms with E-state index in [0.29, 0.717) is 6.04 Å². The van der Waals surface area contributed by atoms with Crippen molar-refractivity contribution in [1.29, 1.82) is 0 Å². The van der Waals surface area contributed by atoms with E-state index in [2.05, 4.69) is 51.2 Å². The van der Waals surface area contributed by atoms with E-state index >= 15 is 0 Å². The van der Waals surface area contributed by atoms with E-state index in [1.165, 1.54) is 24.0 Å². The van der Waals surface area contributed by atoms with Gasteiger partial charge >= 0.3 is 0 Å². The summed E-state index contributed by atoms with van der Waals surface area (Å²) in [5.41, 5.74) is 2.69. The lowest BCUT2D eigenvalue weighted by Crippen LogP contribution is -2.28. The van der Waals surface area contributed by atoms with Crippen LogP contribution < -0.4 is 10.1 Å². The SMILES string of the molecule is Cc1ccc(C(C)(C)C)c(OC[C@H]2CCCN2)c1. The number of rotatable bonds is 3. The van der Waals surface area contributed by atoms with E-state index in [0.717, 1.165) is 18.9 Å². The number of hydrogen-bond acceptors (Lipinski definition) is 2. The molecule has 0 amide bonds. The van der Waals surface area contributed by atoms with E-state index in [1.54, 1.807) is 0 Å². The van der Waals surface area contributed by atoms with Crippen LogP contribution in [0.4, 0.5) is 0 Å². The lowest BCUT2D eigenvalue weighted by Gasteiger charge is -2.24. The molecule has 18 heavy (non-hydrogen) atoms. The molecule has 100 valence electrons. The lowest BCUT2D eigenvalue weighted by atomic mass is 9.86.